The number of benzene rings is 1. The number of hydrogen-bond acceptors (Lipinski definition) is 6. The number of rotatable bonds is 7. The van der Waals surface area contributed by atoms with Gasteiger partial charge in [0.25, 0.3) is 0 Å². The first-order valence-electron chi connectivity index (χ1n) is 9.90. The van der Waals surface area contributed by atoms with Gasteiger partial charge in [0.05, 0.1) is 44.3 Å². The summed E-state index contributed by atoms with van der Waals surface area (Å²) in [5.74, 6) is -0.275. The molecule has 2 fully saturated rings. The van der Waals surface area contributed by atoms with E-state index in [0.29, 0.717) is 19.8 Å². The minimum atomic E-state index is -0.183. The molecule has 0 aromatic heterocycles. The maximum absolute atomic E-state index is 12.6. The van der Waals surface area contributed by atoms with Crippen LogP contribution in [0.5, 0.6) is 0 Å². The standard InChI is InChI=1S/C20H30N4O4/c1-17(25)24(7-6-22-8-12-27-13-9-22)16-20(26)21-18-4-2-3-5-19(18)23-10-14-28-15-11-23/h2-5H,6-16H2,1H3,(H,21,26). The molecule has 0 radical (unpaired) electrons. The number of nitrogens with zero attached hydrogens (tertiary/aromatic N) is 3. The van der Waals surface area contributed by atoms with Crippen LogP contribution in [0.3, 0.4) is 0 Å². The average Bonchev–Trinajstić information content (AvgIpc) is 2.72. The zero-order chi connectivity index (χ0) is 19.8. The number of carbonyl (C=O) groups excluding carboxylic acids is 2. The molecular weight excluding hydrogens is 360 g/mol. The Kier molecular flexibility index (Phi) is 7.64. The Labute approximate surface area is 166 Å². The molecule has 8 nitrogen and oxygen atoms in total. The Hall–Kier alpha value is -2.16. The Bertz CT molecular complexity index is 657. The van der Waals surface area contributed by atoms with Crippen LogP contribution in [0.25, 0.3) is 0 Å². The SMILES string of the molecule is CC(=O)N(CCN1CCOCC1)CC(=O)Nc1ccccc1N1CCOCC1. The topological polar surface area (TPSA) is 74.4 Å². The minimum Gasteiger partial charge on any atom is -0.379 e. The van der Waals surface area contributed by atoms with E-state index in [1.165, 1.54) is 6.92 Å². The summed E-state index contributed by atoms with van der Waals surface area (Å²) in [7, 11) is 0. The van der Waals surface area contributed by atoms with Crippen molar-refractivity contribution in [3.8, 4) is 0 Å². The molecule has 28 heavy (non-hydrogen) atoms. The summed E-state index contributed by atoms with van der Waals surface area (Å²) in [4.78, 5) is 30.7. The third kappa shape index (κ3) is 5.92. The normalized spacial score (nSPS) is 18.0. The van der Waals surface area contributed by atoms with Gasteiger partial charge in [-0.05, 0) is 12.1 Å². The van der Waals surface area contributed by atoms with E-state index in [4.69, 9.17) is 9.47 Å². The van der Waals surface area contributed by atoms with Crippen molar-refractivity contribution in [1.29, 1.82) is 0 Å². The number of para-hydroxylation sites is 2. The fourth-order valence-electron chi connectivity index (χ4n) is 3.46. The van der Waals surface area contributed by atoms with Crippen LogP contribution in [0.15, 0.2) is 24.3 Å². The van der Waals surface area contributed by atoms with E-state index in [9.17, 15) is 9.59 Å². The molecule has 0 saturated carbocycles. The Balaban J connectivity index is 1.56. The van der Waals surface area contributed by atoms with Crippen LogP contribution in [0, 0.1) is 0 Å². The van der Waals surface area contributed by atoms with Gasteiger partial charge in [0.15, 0.2) is 0 Å². The van der Waals surface area contributed by atoms with Gasteiger partial charge >= 0.3 is 0 Å². The van der Waals surface area contributed by atoms with Crippen LogP contribution in [0.4, 0.5) is 11.4 Å². The highest BCUT2D eigenvalue weighted by molar-refractivity contribution is 5.97. The Morgan fingerprint density at radius 1 is 1.04 bits per heavy atom. The number of amides is 2. The van der Waals surface area contributed by atoms with Crippen LogP contribution in [0.1, 0.15) is 6.92 Å². The van der Waals surface area contributed by atoms with Crippen molar-refractivity contribution in [2.75, 3.05) is 82.5 Å². The van der Waals surface area contributed by atoms with Gasteiger partial charge in [-0.15, -0.1) is 0 Å². The molecule has 0 spiro atoms. The van der Waals surface area contributed by atoms with Gasteiger partial charge in [-0.25, -0.2) is 0 Å². The van der Waals surface area contributed by atoms with Crippen LogP contribution in [-0.4, -0.2) is 93.9 Å². The van der Waals surface area contributed by atoms with Crippen molar-refractivity contribution in [1.82, 2.24) is 9.80 Å². The molecule has 2 aliphatic heterocycles. The highest BCUT2D eigenvalue weighted by Crippen LogP contribution is 2.26. The second-order valence-corrected chi connectivity index (χ2v) is 7.06. The molecule has 154 valence electrons. The van der Waals surface area contributed by atoms with Crippen LogP contribution < -0.4 is 10.2 Å². The molecule has 0 unspecified atom stereocenters. The number of morpholine rings is 2. The predicted molar refractivity (Wildman–Crippen MR) is 108 cm³/mol. The summed E-state index contributed by atoms with van der Waals surface area (Å²) in [6.07, 6.45) is 0. The van der Waals surface area contributed by atoms with Crippen molar-refractivity contribution in [3.05, 3.63) is 24.3 Å². The molecule has 1 aromatic carbocycles. The summed E-state index contributed by atoms with van der Waals surface area (Å²) in [5, 5.41) is 2.98. The lowest BCUT2D eigenvalue weighted by Crippen LogP contribution is -2.44. The van der Waals surface area contributed by atoms with E-state index in [1.807, 2.05) is 24.3 Å². The molecule has 1 N–H and O–H groups in total. The molecule has 0 atom stereocenters. The number of nitrogens with one attached hydrogen (secondary N) is 1. The third-order valence-corrected chi connectivity index (χ3v) is 5.10. The Morgan fingerprint density at radius 2 is 1.68 bits per heavy atom. The number of carbonyl (C=O) groups is 2. The summed E-state index contributed by atoms with van der Waals surface area (Å²) in [6, 6.07) is 7.77. The first-order valence-corrected chi connectivity index (χ1v) is 9.90. The first kappa shape index (κ1) is 20.6. The third-order valence-electron chi connectivity index (χ3n) is 5.10. The molecule has 3 rings (SSSR count). The quantitative estimate of drug-likeness (QED) is 0.737. The van der Waals surface area contributed by atoms with Crippen LogP contribution in [-0.2, 0) is 19.1 Å². The zero-order valence-corrected chi connectivity index (χ0v) is 16.6. The molecule has 1 aromatic rings. The number of ether oxygens (including phenoxy) is 2. The molecule has 2 aliphatic rings. The number of anilines is 2. The van der Waals surface area contributed by atoms with Crippen molar-refractivity contribution in [3.63, 3.8) is 0 Å². The van der Waals surface area contributed by atoms with Crippen molar-refractivity contribution in [2.45, 2.75) is 6.92 Å². The number of hydrogen-bond donors (Lipinski definition) is 1. The molecule has 0 aliphatic carbocycles. The van der Waals surface area contributed by atoms with Gasteiger partial charge in [-0.2, -0.15) is 0 Å². The lowest BCUT2D eigenvalue weighted by Gasteiger charge is -2.31. The highest BCUT2D eigenvalue weighted by Gasteiger charge is 2.19. The smallest absolute Gasteiger partial charge is 0.244 e. The van der Waals surface area contributed by atoms with E-state index in [0.717, 1.165) is 57.3 Å². The maximum atomic E-state index is 12.6. The van der Waals surface area contributed by atoms with E-state index in [-0.39, 0.29) is 18.4 Å². The summed E-state index contributed by atoms with van der Waals surface area (Å²) >= 11 is 0. The minimum absolute atomic E-state index is 0.0527. The van der Waals surface area contributed by atoms with Gasteiger partial charge in [0.1, 0.15) is 0 Å². The second-order valence-electron chi connectivity index (χ2n) is 7.06. The summed E-state index contributed by atoms with van der Waals surface area (Å²) < 4.78 is 10.8. The van der Waals surface area contributed by atoms with Crippen molar-refractivity contribution >= 4 is 23.2 Å². The zero-order valence-electron chi connectivity index (χ0n) is 16.6. The van der Waals surface area contributed by atoms with Gasteiger partial charge in [-0.3, -0.25) is 14.5 Å². The lowest BCUT2D eigenvalue weighted by atomic mass is 10.2. The van der Waals surface area contributed by atoms with E-state index in [2.05, 4.69) is 15.1 Å². The average molecular weight is 390 g/mol. The molecule has 2 heterocycles. The van der Waals surface area contributed by atoms with E-state index < -0.39 is 0 Å². The fourth-order valence-corrected chi connectivity index (χ4v) is 3.46. The molecule has 8 heteroatoms. The Morgan fingerprint density at radius 3 is 2.36 bits per heavy atom. The fraction of sp³-hybridized carbons (Fsp3) is 0.600. The van der Waals surface area contributed by atoms with Crippen LogP contribution >= 0.6 is 0 Å². The molecule has 0 bridgehead atoms. The van der Waals surface area contributed by atoms with Gasteiger partial charge in [-0.1, -0.05) is 12.1 Å². The predicted octanol–water partition coefficient (Wildman–Crippen LogP) is 0.642. The highest BCUT2D eigenvalue weighted by atomic mass is 16.5. The van der Waals surface area contributed by atoms with Gasteiger partial charge in [0, 0.05) is 46.2 Å². The van der Waals surface area contributed by atoms with E-state index >= 15 is 0 Å². The molecule has 2 saturated heterocycles. The van der Waals surface area contributed by atoms with Gasteiger partial charge < -0.3 is 24.6 Å². The van der Waals surface area contributed by atoms with Crippen molar-refractivity contribution < 1.29 is 19.1 Å². The first-order chi connectivity index (χ1) is 13.6. The van der Waals surface area contributed by atoms with Crippen molar-refractivity contribution in [2.24, 2.45) is 0 Å². The van der Waals surface area contributed by atoms with E-state index in [1.54, 1.807) is 4.90 Å². The molecular formula is C20H30N4O4. The monoisotopic (exact) mass is 390 g/mol. The molecule has 2 amide bonds. The van der Waals surface area contributed by atoms with Crippen LogP contribution in [0.2, 0.25) is 0 Å². The second kappa shape index (κ2) is 10.4. The van der Waals surface area contributed by atoms with Gasteiger partial charge in [0.2, 0.25) is 11.8 Å². The largest absolute Gasteiger partial charge is 0.379 e. The lowest BCUT2D eigenvalue weighted by molar-refractivity contribution is -0.133. The maximum Gasteiger partial charge on any atom is 0.244 e. The summed E-state index contributed by atoms with van der Waals surface area (Å²) in [6.45, 7) is 8.98. The summed E-state index contributed by atoms with van der Waals surface area (Å²) in [5.41, 5.74) is 1.76.